The number of guanidine groups is 1. The lowest BCUT2D eigenvalue weighted by Crippen LogP contribution is -2.37. The van der Waals surface area contributed by atoms with Crippen molar-refractivity contribution in [2.75, 3.05) is 13.7 Å². The SMILES string of the molecule is CCNC(=NCc1ccc(OC)c(O)c1)NCc1ccc(F)cc1C(F)(F)F. The van der Waals surface area contributed by atoms with Crippen LogP contribution < -0.4 is 15.4 Å². The molecule has 0 aromatic heterocycles. The number of alkyl halides is 3. The van der Waals surface area contributed by atoms with Crippen molar-refractivity contribution in [3.63, 3.8) is 0 Å². The third-order valence-corrected chi connectivity index (χ3v) is 3.83. The summed E-state index contributed by atoms with van der Waals surface area (Å²) in [6.07, 6.45) is -4.66. The summed E-state index contributed by atoms with van der Waals surface area (Å²) in [7, 11) is 1.44. The van der Waals surface area contributed by atoms with Crippen molar-refractivity contribution in [1.29, 1.82) is 0 Å². The number of nitrogens with one attached hydrogen (secondary N) is 2. The van der Waals surface area contributed by atoms with Crippen molar-refractivity contribution in [2.24, 2.45) is 4.99 Å². The van der Waals surface area contributed by atoms with E-state index in [0.29, 0.717) is 23.9 Å². The number of hydrogen-bond donors (Lipinski definition) is 3. The van der Waals surface area contributed by atoms with Crippen LogP contribution in [0.15, 0.2) is 41.4 Å². The van der Waals surface area contributed by atoms with Gasteiger partial charge in [-0.2, -0.15) is 13.2 Å². The molecule has 2 rings (SSSR count). The molecule has 0 aliphatic heterocycles. The zero-order valence-corrected chi connectivity index (χ0v) is 15.4. The van der Waals surface area contributed by atoms with Gasteiger partial charge in [0.1, 0.15) is 5.82 Å². The molecule has 0 radical (unpaired) electrons. The molecule has 0 amide bonds. The number of phenolic OH excluding ortho intramolecular Hbond substituents is 1. The van der Waals surface area contributed by atoms with E-state index in [4.69, 9.17) is 4.74 Å². The summed E-state index contributed by atoms with van der Waals surface area (Å²) >= 11 is 0. The first-order valence-corrected chi connectivity index (χ1v) is 8.48. The van der Waals surface area contributed by atoms with Crippen LogP contribution in [0.3, 0.4) is 0 Å². The van der Waals surface area contributed by atoms with Crippen LogP contribution >= 0.6 is 0 Å². The van der Waals surface area contributed by atoms with E-state index in [0.717, 1.165) is 12.1 Å². The Bertz CT molecular complexity index is 838. The quantitative estimate of drug-likeness (QED) is 0.393. The molecule has 0 bridgehead atoms. The van der Waals surface area contributed by atoms with Gasteiger partial charge in [0.25, 0.3) is 0 Å². The van der Waals surface area contributed by atoms with Gasteiger partial charge in [0.15, 0.2) is 17.5 Å². The molecule has 0 saturated heterocycles. The average Bonchev–Trinajstić information content (AvgIpc) is 2.64. The number of nitrogens with zero attached hydrogens (tertiary/aromatic N) is 1. The largest absolute Gasteiger partial charge is 0.504 e. The van der Waals surface area contributed by atoms with Crippen LogP contribution in [0.1, 0.15) is 23.6 Å². The topological polar surface area (TPSA) is 65.9 Å². The lowest BCUT2D eigenvalue weighted by molar-refractivity contribution is -0.138. The van der Waals surface area contributed by atoms with Gasteiger partial charge in [0.2, 0.25) is 0 Å². The van der Waals surface area contributed by atoms with Crippen molar-refractivity contribution >= 4 is 5.96 Å². The number of ether oxygens (including phenoxy) is 1. The molecule has 0 atom stereocenters. The Kier molecular flexibility index (Phi) is 7.08. The van der Waals surface area contributed by atoms with Crippen LogP contribution in [-0.4, -0.2) is 24.7 Å². The molecule has 3 N–H and O–H groups in total. The van der Waals surface area contributed by atoms with E-state index in [1.165, 1.54) is 13.2 Å². The van der Waals surface area contributed by atoms with Gasteiger partial charge in [-0.25, -0.2) is 9.38 Å². The van der Waals surface area contributed by atoms with Gasteiger partial charge >= 0.3 is 6.18 Å². The maximum Gasteiger partial charge on any atom is 0.416 e. The average molecular weight is 399 g/mol. The summed E-state index contributed by atoms with van der Waals surface area (Å²) in [5.41, 5.74) is -0.439. The lowest BCUT2D eigenvalue weighted by atomic mass is 10.1. The Balaban J connectivity index is 2.13. The van der Waals surface area contributed by atoms with E-state index in [1.54, 1.807) is 12.1 Å². The summed E-state index contributed by atoms with van der Waals surface area (Å²) in [5.74, 6) is -0.366. The van der Waals surface area contributed by atoms with Crippen molar-refractivity contribution in [1.82, 2.24) is 10.6 Å². The second-order valence-electron chi connectivity index (χ2n) is 5.85. The third kappa shape index (κ3) is 5.77. The number of halogens is 4. The van der Waals surface area contributed by atoms with Crippen LogP contribution in [0.4, 0.5) is 17.6 Å². The Hall–Kier alpha value is -2.97. The molecule has 0 heterocycles. The zero-order valence-electron chi connectivity index (χ0n) is 15.4. The minimum Gasteiger partial charge on any atom is -0.504 e. The molecule has 2 aromatic carbocycles. The molecule has 28 heavy (non-hydrogen) atoms. The van der Waals surface area contributed by atoms with Crippen LogP contribution in [0.2, 0.25) is 0 Å². The number of aliphatic imine (C=N–C) groups is 1. The number of benzene rings is 2. The molecule has 152 valence electrons. The molecular weight excluding hydrogens is 378 g/mol. The fraction of sp³-hybridized carbons (Fsp3) is 0.316. The Morgan fingerprint density at radius 3 is 2.50 bits per heavy atom. The van der Waals surface area contributed by atoms with Gasteiger partial charge in [-0.15, -0.1) is 0 Å². The standard InChI is InChI=1S/C19H21F4N3O2/c1-3-24-18(25-10-12-4-7-17(28-2)16(27)8-12)26-11-13-5-6-14(20)9-15(13)19(21,22)23/h4-9,27H,3,10-11H2,1-2H3,(H2,24,25,26). The van der Waals surface area contributed by atoms with Crippen molar-refractivity contribution in [2.45, 2.75) is 26.2 Å². The van der Waals surface area contributed by atoms with Gasteiger partial charge in [0.05, 0.1) is 19.2 Å². The first-order chi connectivity index (χ1) is 13.2. The van der Waals surface area contributed by atoms with Gasteiger partial charge in [-0.1, -0.05) is 12.1 Å². The van der Waals surface area contributed by atoms with Crippen molar-refractivity contribution in [3.05, 3.63) is 58.9 Å². The van der Waals surface area contributed by atoms with Crippen LogP contribution in [-0.2, 0) is 19.3 Å². The van der Waals surface area contributed by atoms with E-state index in [-0.39, 0.29) is 30.4 Å². The molecule has 0 spiro atoms. The highest BCUT2D eigenvalue weighted by Crippen LogP contribution is 2.32. The summed E-state index contributed by atoms with van der Waals surface area (Å²) in [5, 5.41) is 15.5. The normalized spacial score (nSPS) is 12.0. The van der Waals surface area contributed by atoms with Crippen molar-refractivity contribution in [3.8, 4) is 11.5 Å². The second-order valence-corrected chi connectivity index (χ2v) is 5.85. The molecule has 0 saturated carbocycles. The Morgan fingerprint density at radius 2 is 1.89 bits per heavy atom. The van der Waals surface area contributed by atoms with E-state index >= 15 is 0 Å². The van der Waals surface area contributed by atoms with Crippen LogP contribution in [0.25, 0.3) is 0 Å². The number of hydrogen-bond acceptors (Lipinski definition) is 3. The highest BCUT2D eigenvalue weighted by Gasteiger charge is 2.33. The van der Waals surface area contributed by atoms with Gasteiger partial charge in [-0.05, 0) is 42.3 Å². The predicted octanol–water partition coefficient (Wildman–Crippen LogP) is 3.81. The molecule has 0 fully saturated rings. The minimum absolute atomic E-state index is 0.0331. The summed E-state index contributed by atoms with van der Waals surface area (Å²) in [6.45, 7) is 2.31. The van der Waals surface area contributed by atoms with Crippen molar-refractivity contribution < 1.29 is 27.4 Å². The molecule has 0 aliphatic carbocycles. The first kappa shape index (κ1) is 21.3. The highest BCUT2D eigenvalue weighted by molar-refractivity contribution is 5.79. The van der Waals surface area contributed by atoms with Crippen LogP contribution in [0, 0.1) is 5.82 Å². The maximum atomic E-state index is 13.2. The third-order valence-electron chi connectivity index (χ3n) is 3.83. The highest BCUT2D eigenvalue weighted by atomic mass is 19.4. The Labute approximate surface area is 160 Å². The maximum absolute atomic E-state index is 13.2. The monoisotopic (exact) mass is 399 g/mol. The minimum atomic E-state index is -4.66. The molecule has 0 aliphatic rings. The number of phenols is 1. The summed E-state index contributed by atoms with van der Waals surface area (Å²) < 4.78 is 57.5. The lowest BCUT2D eigenvalue weighted by Gasteiger charge is -2.16. The fourth-order valence-corrected chi connectivity index (χ4v) is 2.49. The number of rotatable bonds is 6. The molecular formula is C19H21F4N3O2. The van der Waals surface area contributed by atoms with E-state index in [2.05, 4.69) is 15.6 Å². The van der Waals surface area contributed by atoms with Gasteiger partial charge < -0.3 is 20.5 Å². The first-order valence-electron chi connectivity index (χ1n) is 8.48. The summed E-state index contributed by atoms with van der Waals surface area (Å²) in [6, 6.07) is 7.35. The van der Waals surface area contributed by atoms with Gasteiger partial charge in [-0.3, -0.25) is 0 Å². The smallest absolute Gasteiger partial charge is 0.416 e. The number of methoxy groups -OCH3 is 1. The molecule has 9 heteroatoms. The fourth-order valence-electron chi connectivity index (χ4n) is 2.49. The van der Waals surface area contributed by atoms with E-state index in [9.17, 15) is 22.7 Å². The number of aromatic hydroxyl groups is 1. The van der Waals surface area contributed by atoms with E-state index < -0.39 is 17.6 Å². The second kappa shape index (κ2) is 9.29. The van der Waals surface area contributed by atoms with Gasteiger partial charge in [0, 0.05) is 13.1 Å². The molecule has 5 nitrogen and oxygen atoms in total. The van der Waals surface area contributed by atoms with Crippen LogP contribution in [0.5, 0.6) is 11.5 Å². The molecule has 2 aromatic rings. The zero-order chi connectivity index (χ0) is 20.7. The summed E-state index contributed by atoms with van der Waals surface area (Å²) in [4.78, 5) is 4.29. The predicted molar refractivity (Wildman–Crippen MR) is 97.7 cm³/mol. The molecule has 0 unspecified atom stereocenters. The van der Waals surface area contributed by atoms with E-state index in [1.807, 2.05) is 6.92 Å². The Morgan fingerprint density at radius 1 is 1.14 bits per heavy atom.